The number of hydrogen-bond donors (Lipinski definition) is 1. The molecule has 2 fully saturated rings. The SMILES string of the molecule is CN1CCN(CCCCN[C@@H]2CC3(CCC3)Oc3ccccc32)CC1. The van der Waals surface area contributed by atoms with Crippen LogP contribution in [0.5, 0.6) is 5.75 Å². The molecule has 1 spiro atoms. The average molecular weight is 344 g/mol. The maximum atomic E-state index is 6.35. The summed E-state index contributed by atoms with van der Waals surface area (Å²) in [6.07, 6.45) is 7.47. The van der Waals surface area contributed by atoms with E-state index in [0.29, 0.717) is 6.04 Å². The van der Waals surface area contributed by atoms with E-state index in [2.05, 4.69) is 46.4 Å². The number of piperazine rings is 1. The summed E-state index contributed by atoms with van der Waals surface area (Å²) in [5.41, 5.74) is 1.49. The van der Waals surface area contributed by atoms with Crippen LogP contribution >= 0.6 is 0 Å². The van der Waals surface area contributed by atoms with Crippen molar-refractivity contribution in [1.82, 2.24) is 15.1 Å². The Morgan fingerprint density at radius 2 is 1.92 bits per heavy atom. The Balaban J connectivity index is 1.23. The van der Waals surface area contributed by atoms with Gasteiger partial charge in [-0.3, -0.25) is 0 Å². The molecule has 2 aliphatic heterocycles. The standard InChI is InChI=1S/C21H33N3O/c1-23-13-15-24(16-14-23)12-5-4-11-22-19-17-21(9-6-10-21)25-20-8-3-2-7-18(19)20/h2-3,7-8,19,22H,4-6,9-17H2,1H3/t19-/m1/s1. The lowest BCUT2D eigenvalue weighted by Crippen LogP contribution is -2.49. The lowest BCUT2D eigenvalue weighted by Gasteiger charge is -2.48. The molecule has 1 atom stereocenters. The molecule has 1 aliphatic carbocycles. The summed E-state index contributed by atoms with van der Waals surface area (Å²) in [5.74, 6) is 1.11. The highest BCUT2D eigenvalue weighted by molar-refractivity contribution is 5.39. The highest BCUT2D eigenvalue weighted by Gasteiger charge is 2.45. The van der Waals surface area contributed by atoms with Gasteiger partial charge >= 0.3 is 0 Å². The average Bonchev–Trinajstić information content (AvgIpc) is 2.61. The van der Waals surface area contributed by atoms with Gasteiger partial charge in [0.2, 0.25) is 0 Å². The molecule has 0 radical (unpaired) electrons. The predicted molar refractivity (Wildman–Crippen MR) is 102 cm³/mol. The Labute approximate surface area is 152 Å². The van der Waals surface area contributed by atoms with Crippen molar-refractivity contribution in [2.75, 3.05) is 46.3 Å². The number of nitrogens with one attached hydrogen (secondary N) is 1. The van der Waals surface area contributed by atoms with Crippen LogP contribution in [0.15, 0.2) is 24.3 Å². The molecule has 4 rings (SSSR count). The molecule has 1 saturated heterocycles. The molecule has 3 aliphatic rings. The van der Waals surface area contributed by atoms with Gasteiger partial charge < -0.3 is 19.9 Å². The third-order valence-corrected chi connectivity index (χ3v) is 6.35. The molecule has 1 N–H and O–H groups in total. The van der Waals surface area contributed by atoms with Crippen molar-refractivity contribution < 1.29 is 4.74 Å². The second-order valence-corrected chi connectivity index (χ2v) is 8.24. The number of nitrogens with zero attached hydrogens (tertiary/aromatic N) is 2. The zero-order valence-electron chi connectivity index (χ0n) is 15.7. The van der Waals surface area contributed by atoms with Gasteiger partial charge in [-0.1, -0.05) is 18.2 Å². The van der Waals surface area contributed by atoms with Crippen LogP contribution in [0.2, 0.25) is 0 Å². The zero-order chi connectivity index (χ0) is 17.1. The van der Waals surface area contributed by atoms with Crippen LogP contribution in [-0.2, 0) is 0 Å². The van der Waals surface area contributed by atoms with Gasteiger partial charge in [0, 0.05) is 44.2 Å². The maximum absolute atomic E-state index is 6.35. The summed E-state index contributed by atoms with van der Waals surface area (Å²) in [5, 5.41) is 3.84. The van der Waals surface area contributed by atoms with Gasteiger partial charge in [-0.15, -0.1) is 0 Å². The Hall–Kier alpha value is -1.10. The van der Waals surface area contributed by atoms with Crippen LogP contribution < -0.4 is 10.1 Å². The summed E-state index contributed by atoms with van der Waals surface area (Å²) in [6.45, 7) is 7.28. The van der Waals surface area contributed by atoms with Crippen molar-refractivity contribution >= 4 is 0 Å². The van der Waals surface area contributed by atoms with Gasteiger partial charge in [-0.2, -0.15) is 0 Å². The summed E-state index contributed by atoms with van der Waals surface area (Å²) in [4.78, 5) is 5.05. The number of fused-ring (bicyclic) bond motifs is 1. The van der Waals surface area contributed by atoms with E-state index in [4.69, 9.17) is 4.74 Å². The van der Waals surface area contributed by atoms with E-state index in [9.17, 15) is 0 Å². The molecule has 1 saturated carbocycles. The molecule has 0 unspecified atom stereocenters. The lowest BCUT2D eigenvalue weighted by molar-refractivity contribution is -0.0368. The quantitative estimate of drug-likeness (QED) is 0.804. The second kappa shape index (κ2) is 7.65. The van der Waals surface area contributed by atoms with Crippen LogP contribution in [0.3, 0.4) is 0 Å². The minimum atomic E-state index is 0.131. The minimum absolute atomic E-state index is 0.131. The molecule has 0 bridgehead atoms. The molecule has 0 aromatic heterocycles. The van der Waals surface area contributed by atoms with Crippen LogP contribution in [0.1, 0.15) is 50.1 Å². The monoisotopic (exact) mass is 343 g/mol. The van der Waals surface area contributed by atoms with Crippen LogP contribution in [0, 0.1) is 0 Å². The van der Waals surface area contributed by atoms with Crippen molar-refractivity contribution in [3.63, 3.8) is 0 Å². The van der Waals surface area contributed by atoms with Crippen LogP contribution in [0.25, 0.3) is 0 Å². The first-order valence-corrected chi connectivity index (χ1v) is 10.2. The molecule has 25 heavy (non-hydrogen) atoms. The molecule has 1 aromatic rings. The topological polar surface area (TPSA) is 27.7 Å². The Morgan fingerprint density at radius 3 is 2.68 bits per heavy atom. The second-order valence-electron chi connectivity index (χ2n) is 8.24. The zero-order valence-corrected chi connectivity index (χ0v) is 15.7. The van der Waals surface area contributed by atoms with Crippen molar-refractivity contribution in [2.45, 2.75) is 50.2 Å². The van der Waals surface area contributed by atoms with E-state index >= 15 is 0 Å². The van der Waals surface area contributed by atoms with E-state index < -0.39 is 0 Å². The Bertz CT molecular complexity index is 564. The first-order valence-electron chi connectivity index (χ1n) is 10.2. The van der Waals surface area contributed by atoms with Crippen LogP contribution in [0.4, 0.5) is 0 Å². The van der Waals surface area contributed by atoms with Gasteiger partial charge in [0.15, 0.2) is 0 Å². The molecule has 2 heterocycles. The molecular weight excluding hydrogens is 310 g/mol. The van der Waals surface area contributed by atoms with Crippen LogP contribution in [-0.4, -0.2) is 61.7 Å². The fourth-order valence-corrected chi connectivity index (χ4v) is 4.49. The molecule has 4 nitrogen and oxygen atoms in total. The molecule has 4 heteroatoms. The van der Waals surface area contributed by atoms with E-state index in [1.54, 1.807) is 0 Å². The van der Waals surface area contributed by atoms with E-state index in [1.165, 1.54) is 70.4 Å². The number of rotatable bonds is 6. The van der Waals surface area contributed by atoms with Crippen molar-refractivity contribution in [3.05, 3.63) is 29.8 Å². The van der Waals surface area contributed by atoms with E-state index in [1.807, 2.05) is 0 Å². The van der Waals surface area contributed by atoms with Gasteiger partial charge in [0.1, 0.15) is 11.4 Å². The first kappa shape index (κ1) is 17.3. The van der Waals surface area contributed by atoms with Gasteiger partial charge in [-0.25, -0.2) is 0 Å². The number of para-hydroxylation sites is 1. The summed E-state index contributed by atoms with van der Waals surface area (Å²) >= 11 is 0. The smallest absolute Gasteiger partial charge is 0.124 e. The van der Waals surface area contributed by atoms with Crippen molar-refractivity contribution in [2.24, 2.45) is 0 Å². The summed E-state index contributed by atoms with van der Waals surface area (Å²) in [7, 11) is 2.22. The van der Waals surface area contributed by atoms with E-state index in [-0.39, 0.29) is 5.60 Å². The van der Waals surface area contributed by atoms with E-state index in [0.717, 1.165) is 18.7 Å². The van der Waals surface area contributed by atoms with Gasteiger partial charge in [0.25, 0.3) is 0 Å². The van der Waals surface area contributed by atoms with Gasteiger partial charge in [0.05, 0.1) is 0 Å². The minimum Gasteiger partial charge on any atom is -0.487 e. The molecular formula is C21H33N3O. The first-order chi connectivity index (χ1) is 12.2. The number of likely N-dealkylation sites (N-methyl/N-ethyl adjacent to an activating group) is 1. The predicted octanol–water partition coefficient (Wildman–Crippen LogP) is 3.05. The number of benzene rings is 1. The lowest BCUT2D eigenvalue weighted by atomic mass is 9.73. The fraction of sp³-hybridized carbons (Fsp3) is 0.714. The summed E-state index contributed by atoms with van der Waals surface area (Å²) in [6, 6.07) is 9.10. The largest absolute Gasteiger partial charge is 0.487 e. The third-order valence-electron chi connectivity index (χ3n) is 6.35. The molecule has 138 valence electrons. The normalized spacial score (nSPS) is 26.0. The van der Waals surface area contributed by atoms with Crippen molar-refractivity contribution in [1.29, 1.82) is 0 Å². The highest BCUT2D eigenvalue weighted by Crippen LogP contribution is 2.48. The van der Waals surface area contributed by atoms with Gasteiger partial charge in [-0.05, 0) is 58.3 Å². The summed E-state index contributed by atoms with van der Waals surface area (Å²) < 4.78 is 6.35. The third kappa shape index (κ3) is 4.02. The molecule has 1 aromatic carbocycles. The Morgan fingerprint density at radius 1 is 1.12 bits per heavy atom. The Kier molecular flexibility index (Phi) is 5.30. The number of unbranched alkanes of at least 4 members (excludes halogenated alkanes) is 1. The number of ether oxygens (including phenoxy) is 1. The fourth-order valence-electron chi connectivity index (χ4n) is 4.49. The van der Waals surface area contributed by atoms with Crippen molar-refractivity contribution in [3.8, 4) is 5.75 Å². The maximum Gasteiger partial charge on any atom is 0.124 e. The number of hydrogen-bond acceptors (Lipinski definition) is 4. The highest BCUT2D eigenvalue weighted by atomic mass is 16.5. The molecule has 0 amide bonds.